The van der Waals surface area contributed by atoms with Gasteiger partial charge in [0, 0.05) is 22.7 Å². The van der Waals surface area contributed by atoms with Crippen LogP contribution in [-0.2, 0) is 6.42 Å². The smallest absolute Gasteiger partial charge is 0.120 e. The van der Waals surface area contributed by atoms with E-state index in [0.29, 0.717) is 5.75 Å². The van der Waals surface area contributed by atoms with Gasteiger partial charge in [-0.2, -0.15) is 0 Å². The van der Waals surface area contributed by atoms with Gasteiger partial charge in [-0.25, -0.2) is 4.98 Å². The fraction of sp³-hybridized carbons (Fsp3) is 0.400. The predicted molar refractivity (Wildman–Crippen MR) is 79.6 cm³/mol. The minimum atomic E-state index is 0.0881. The second-order valence-electron chi connectivity index (χ2n) is 4.69. The molecule has 1 heterocycles. The summed E-state index contributed by atoms with van der Waals surface area (Å²) in [4.78, 5) is 5.75. The molecule has 0 saturated heterocycles. The van der Waals surface area contributed by atoms with E-state index in [1.54, 1.807) is 17.4 Å². The maximum Gasteiger partial charge on any atom is 0.120 e. The number of phenols is 1. The molecule has 2 aromatic rings. The van der Waals surface area contributed by atoms with E-state index in [9.17, 15) is 5.11 Å². The lowest BCUT2D eigenvalue weighted by molar-refractivity contribution is 0.438. The van der Waals surface area contributed by atoms with Crippen molar-refractivity contribution in [3.8, 4) is 5.75 Å². The van der Waals surface area contributed by atoms with Gasteiger partial charge < -0.3 is 10.4 Å². The van der Waals surface area contributed by atoms with E-state index < -0.39 is 0 Å². The van der Waals surface area contributed by atoms with E-state index in [2.05, 4.69) is 31.1 Å². The summed E-state index contributed by atoms with van der Waals surface area (Å²) in [7, 11) is 0. The van der Waals surface area contributed by atoms with Crippen LogP contribution in [0.25, 0.3) is 0 Å². The minimum absolute atomic E-state index is 0.0881. The summed E-state index contributed by atoms with van der Waals surface area (Å²) in [6.45, 7) is 6.30. The molecule has 1 aromatic heterocycles. The predicted octanol–water partition coefficient (Wildman–Crippen LogP) is 3.82. The first kappa shape index (κ1) is 14.0. The van der Waals surface area contributed by atoms with Gasteiger partial charge in [0.2, 0.25) is 0 Å². The number of aromatic hydroxyl groups is 1. The van der Waals surface area contributed by atoms with Gasteiger partial charge in [-0.1, -0.05) is 25.1 Å². The van der Waals surface area contributed by atoms with E-state index in [-0.39, 0.29) is 12.1 Å². The molecule has 0 amide bonds. The molecule has 0 aliphatic heterocycles. The number of aryl methyl sites for hydroxylation is 1. The number of nitrogens with one attached hydrogen (secondary N) is 1. The third-order valence-corrected chi connectivity index (χ3v) is 4.52. The molecule has 0 saturated carbocycles. The van der Waals surface area contributed by atoms with E-state index in [1.165, 1.54) is 4.88 Å². The summed E-state index contributed by atoms with van der Waals surface area (Å²) >= 11 is 1.75. The molecule has 0 aliphatic carbocycles. The molecule has 2 rings (SSSR count). The van der Waals surface area contributed by atoms with Crippen LogP contribution in [0.5, 0.6) is 5.75 Å². The van der Waals surface area contributed by atoms with E-state index in [4.69, 9.17) is 0 Å². The number of para-hydroxylation sites is 1. The normalized spacial score (nSPS) is 14.3. The van der Waals surface area contributed by atoms with Crippen LogP contribution in [0.2, 0.25) is 0 Å². The molecule has 1 aromatic carbocycles. The number of hydrogen-bond acceptors (Lipinski definition) is 4. The lowest BCUT2D eigenvalue weighted by Gasteiger charge is -2.19. The Morgan fingerprint density at radius 2 is 2.00 bits per heavy atom. The SMILES string of the molecule is CCc1cnc(C(C)NC(C)c2ccccc2O)s1. The molecule has 102 valence electrons. The quantitative estimate of drug-likeness (QED) is 0.872. The molecule has 0 fully saturated rings. The largest absolute Gasteiger partial charge is 0.508 e. The molecule has 4 heteroatoms. The number of aromatic nitrogens is 1. The second-order valence-corrected chi connectivity index (χ2v) is 5.83. The molecule has 19 heavy (non-hydrogen) atoms. The minimum Gasteiger partial charge on any atom is -0.508 e. The van der Waals surface area contributed by atoms with Crippen LogP contribution in [0.15, 0.2) is 30.5 Å². The number of rotatable bonds is 5. The summed E-state index contributed by atoms with van der Waals surface area (Å²) in [5, 5.41) is 14.4. The van der Waals surface area contributed by atoms with Crippen LogP contribution in [0.1, 0.15) is 48.3 Å². The number of benzene rings is 1. The maximum absolute atomic E-state index is 9.85. The molecule has 2 unspecified atom stereocenters. The van der Waals surface area contributed by atoms with Crippen molar-refractivity contribution in [3.63, 3.8) is 0 Å². The van der Waals surface area contributed by atoms with Gasteiger partial charge in [-0.15, -0.1) is 11.3 Å². The van der Waals surface area contributed by atoms with Crippen LogP contribution in [-0.4, -0.2) is 10.1 Å². The Hall–Kier alpha value is -1.39. The highest BCUT2D eigenvalue weighted by atomic mass is 32.1. The van der Waals surface area contributed by atoms with E-state index in [1.807, 2.05) is 24.4 Å². The summed E-state index contributed by atoms with van der Waals surface area (Å²) in [6.07, 6.45) is 2.97. The summed E-state index contributed by atoms with van der Waals surface area (Å²) in [6, 6.07) is 7.71. The van der Waals surface area contributed by atoms with Crippen molar-refractivity contribution >= 4 is 11.3 Å². The van der Waals surface area contributed by atoms with Crippen molar-refractivity contribution in [1.82, 2.24) is 10.3 Å². The van der Waals surface area contributed by atoms with Gasteiger partial charge in [0.25, 0.3) is 0 Å². The van der Waals surface area contributed by atoms with Crippen molar-refractivity contribution in [1.29, 1.82) is 0 Å². The third kappa shape index (κ3) is 3.33. The number of thiazole rings is 1. The number of nitrogens with zero attached hydrogens (tertiary/aromatic N) is 1. The highest BCUT2D eigenvalue weighted by Gasteiger charge is 2.15. The molecular formula is C15H20N2OS. The van der Waals surface area contributed by atoms with E-state index >= 15 is 0 Å². The molecule has 0 radical (unpaired) electrons. The lowest BCUT2D eigenvalue weighted by Crippen LogP contribution is -2.22. The van der Waals surface area contributed by atoms with Gasteiger partial charge >= 0.3 is 0 Å². The summed E-state index contributed by atoms with van der Waals surface area (Å²) < 4.78 is 0. The Labute approximate surface area is 118 Å². The number of hydrogen-bond donors (Lipinski definition) is 2. The Balaban J connectivity index is 2.06. The molecule has 0 spiro atoms. The van der Waals surface area contributed by atoms with Crippen LogP contribution in [0.3, 0.4) is 0 Å². The van der Waals surface area contributed by atoms with Crippen LogP contribution >= 0.6 is 11.3 Å². The second kappa shape index (κ2) is 6.17. The first-order valence-electron chi connectivity index (χ1n) is 6.60. The highest BCUT2D eigenvalue weighted by Crippen LogP contribution is 2.27. The fourth-order valence-corrected chi connectivity index (χ4v) is 2.94. The molecule has 3 nitrogen and oxygen atoms in total. The monoisotopic (exact) mass is 276 g/mol. The standard InChI is InChI=1S/C15H20N2OS/c1-4-12-9-16-15(19-12)11(3)17-10(2)13-7-5-6-8-14(13)18/h5-11,17-18H,4H2,1-3H3. The van der Waals surface area contributed by atoms with Gasteiger partial charge in [-0.05, 0) is 26.3 Å². The average molecular weight is 276 g/mol. The topological polar surface area (TPSA) is 45.2 Å². The summed E-state index contributed by atoms with van der Waals surface area (Å²) in [5.74, 6) is 0.336. The Morgan fingerprint density at radius 3 is 2.63 bits per heavy atom. The first-order chi connectivity index (χ1) is 9.11. The zero-order valence-electron chi connectivity index (χ0n) is 11.6. The van der Waals surface area contributed by atoms with Crippen molar-refractivity contribution in [3.05, 3.63) is 45.9 Å². The summed E-state index contributed by atoms with van der Waals surface area (Å²) in [5.41, 5.74) is 0.918. The van der Waals surface area contributed by atoms with Gasteiger partial charge in [0.15, 0.2) is 0 Å². The highest BCUT2D eigenvalue weighted by molar-refractivity contribution is 7.11. The third-order valence-electron chi connectivity index (χ3n) is 3.19. The van der Waals surface area contributed by atoms with Gasteiger partial charge in [0.1, 0.15) is 10.8 Å². The zero-order valence-corrected chi connectivity index (χ0v) is 12.4. The van der Waals surface area contributed by atoms with Gasteiger partial charge in [-0.3, -0.25) is 0 Å². The molecule has 2 N–H and O–H groups in total. The molecule has 2 atom stereocenters. The Bertz CT molecular complexity index is 538. The molecule has 0 bridgehead atoms. The first-order valence-corrected chi connectivity index (χ1v) is 7.42. The van der Waals surface area contributed by atoms with Crippen molar-refractivity contribution in [2.24, 2.45) is 0 Å². The Kier molecular flexibility index (Phi) is 4.56. The fourth-order valence-electron chi connectivity index (χ4n) is 2.08. The van der Waals surface area contributed by atoms with Gasteiger partial charge in [0.05, 0.1) is 6.04 Å². The molecular weight excluding hydrogens is 256 g/mol. The number of phenolic OH excluding ortho intramolecular Hbond substituents is 1. The van der Waals surface area contributed by atoms with Crippen molar-refractivity contribution in [2.45, 2.75) is 39.3 Å². The van der Waals surface area contributed by atoms with Crippen molar-refractivity contribution in [2.75, 3.05) is 0 Å². The maximum atomic E-state index is 9.85. The average Bonchev–Trinajstić information content (AvgIpc) is 2.88. The van der Waals surface area contributed by atoms with Crippen LogP contribution < -0.4 is 5.32 Å². The van der Waals surface area contributed by atoms with Crippen LogP contribution in [0.4, 0.5) is 0 Å². The molecule has 0 aliphatic rings. The Morgan fingerprint density at radius 1 is 1.26 bits per heavy atom. The zero-order chi connectivity index (χ0) is 13.8. The lowest BCUT2D eigenvalue weighted by atomic mass is 10.1. The van der Waals surface area contributed by atoms with E-state index in [0.717, 1.165) is 17.0 Å². The van der Waals surface area contributed by atoms with Crippen LogP contribution in [0, 0.1) is 0 Å². The van der Waals surface area contributed by atoms with Crippen molar-refractivity contribution < 1.29 is 5.11 Å².